The molecular formula is C9H19N3O2S. The lowest BCUT2D eigenvalue weighted by Crippen LogP contribution is -2.39. The summed E-state index contributed by atoms with van der Waals surface area (Å²) in [4.78, 5) is 0. The van der Waals surface area contributed by atoms with Crippen LogP contribution in [0, 0.1) is 17.2 Å². The Hall–Kier alpha value is -0.640. The van der Waals surface area contributed by atoms with Gasteiger partial charge in [-0.25, -0.2) is 4.72 Å². The summed E-state index contributed by atoms with van der Waals surface area (Å²) in [6, 6.07) is 1.91. The zero-order chi connectivity index (χ0) is 11.9. The molecule has 0 aromatic carbocycles. The first-order valence-electron chi connectivity index (χ1n) is 4.98. The SMILES string of the molecule is CC(C)CCNS(=O)(=O)N(C)CCC#N. The molecular weight excluding hydrogens is 214 g/mol. The van der Waals surface area contributed by atoms with Crippen molar-refractivity contribution in [1.82, 2.24) is 9.03 Å². The maximum absolute atomic E-state index is 11.5. The van der Waals surface area contributed by atoms with Crippen molar-refractivity contribution in [3.8, 4) is 6.07 Å². The molecule has 0 rings (SSSR count). The molecule has 0 unspecified atom stereocenters. The molecule has 6 heteroatoms. The topological polar surface area (TPSA) is 73.2 Å². The second kappa shape index (κ2) is 6.77. The van der Waals surface area contributed by atoms with E-state index >= 15 is 0 Å². The van der Waals surface area contributed by atoms with Gasteiger partial charge in [0.1, 0.15) is 0 Å². The number of rotatable bonds is 7. The van der Waals surface area contributed by atoms with E-state index < -0.39 is 10.2 Å². The van der Waals surface area contributed by atoms with Crippen LogP contribution in [0.3, 0.4) is 0 Å². The molecule has 0 atom stereocenters. The van der Waals surface area contributed by atoms with E-state index in [4.69, 9.17) is 5.26 Å². The average molecular weight is 233 g/mol. The Balaban J connectivity index is 4.01. The Morgan fingerprint density at radius 1 is 1.47 bits per heavy atom. The number of nitriles is 1. The van der Waals surface area contributed by atoms with Gasteiger partial charge in [0.05, 0.1) is 6.07 Å². The maximum atomic E-state index is 11.5. The molecule has 5 nitrogen and oxygen atoms in total. The predicted molar refractivity (Wildman–Crippen MR) is 59.2 cm³/mol. The standard InChI is InChI=1S/C9H19N3O2S/c1-9(2)5-7-11-15(13,14)12(3)8-4-6-10/h9,11H,4-5,7-8H2,1-3H3. The Morgan fingerprint density at radius 2 is 2.07 bits per heavy atom. The summed E-state index contributed by atoms with van der Waals surface area (Å²) in [6.45, 7) is 4.74. The van der Waals surface area contributed by atoms with Crippen molar-refractivity contribution in [2.45, 2.75) is 26.7 Å². The maximum Gasteiger partial charge on any atom is 0.279 e. The van der Waals surface area contributed by atoms with Crippen molar-refractivity contribution in [1.29, 1.82) is 5.26 Å². The third-order valence-electron chi connectivity index (χ3n) is 1.95. The van der Waals surface area contributed by atoms with Crippen molar-refractivity contribution >= 4 is 10.2 Å². The molecule has 0 saturated carbocycles. The molecule has 0 bridgehead atoms. The molecule has 1 N–H and O–H groups in total. The Labute approximate surface area is 92.3 Å². The van der Waals surface area contributed by atoms with Crippen LogP contribution in [0.25, 0.3) is 0 Å². The molecule has 0 radical (unpaired) electrons. The normalized spacial score (nSPS) is 12.0. The van der Waals surface area contributed by atoms with Gasteiger partial charge in [0.25, 0.3) is 10.2 Å². The lowest BCUT2D eigenvalue weighted by Gasteiger charge is -2.16. The van der Waals surface area contributed by atoms with Crippen LogP contribution in [0.2, 0.25) is 0 Å². The number of hydrogen-bond acceptors (Lipinski definition) is 3. The van der Waals surface area contributed by atoms with Crippen LogP contribution in [0.4, 0.5) is 0 Å². The molecule has 0 aliphatic carbocycles. The first kappa shape index (κ1) is 14.4. The van der Waals surface area contributed by atoms with E-state index in [1.54, 1.807) is 0 Å². The van der Waals surface area contributed by atoms with Crippen molar-refractivity contribution < 1.29 is 8.42 Å². The second-order valence-electron chi connectivity index (χ2n) is 3.81. The van der Waals surface area contributed by atoms with Gasteiger partial charge in [-0.2, -0.15) is 18.0 Å². The monoisotopic (exact) mass is 233 g/mol. The fourth-order valence-corrected chi connectivity index (χ4v) is 1.84. The van der Waals surface area contributed by atoms with Gasteiger partial charge in [-0.3, -0.25) is 0 Å². The van der Waals surface area contributed by atoms with Gasteiger partial charge in [-0.1, -0.05) is 13.8 Å². The van der Waals surface area contributed by atoms with Gasteiger partial charge in [0, 0.05) is 26.6 Å². The van der Waals surface area contributed by atoms with Crippen LogP contribution in [0.15, 0.2) is 0 Å². The molecule has 0 spiro atoms. The summed E-state index contributed by atoms with van der Waals surface area (Å²) in [7, 11) is -1.93. The summed E-state index contributed by atoms with van der Waals surface area (Å²) >= 11 is 0. The zero-order valence-corrected chi connectivity index (χ0v) is 10.3. The third-order valence-corrected chi connectivity index (χ3v) is 3.53. The summed E-state index contributed by atoms with van der Waals surface area (Å²) < 4.78 is 26.7. The first-order valence-corrected chi connectivity index (χ1v) is 6.42. The number of nitrogens with one attached hydrogen (secondary N) is 1. The zero-order valence-electron chi connectivity index (χ0n) is 9.52. The number of hydrogen-bond donors (Lipinski definition) is 1. The summed E-state index contributed by atoms with van der Waals surface area (Å²) in [5.41, 5.74) is 0. The van der Waals surface area contributed by atoms with Crippen LogP contribution in [0.5, 0.6) is 0 Å². The minimum Gasteiger partial charge on any atom is -0.202 e. The van der Waals surface area contributed by atoms with Gasteiger partial charge in [-0.15, -0.1) is 0 Å². The Kier molecular flexibility index (Phi) is 6.48. The fourth-order valence-electron chi connectivity index (χ4n) is 0.914. The van der Waals surface area contributed by atoms with Crippen molar-refractivity contribution in [2.75, 3.05) is 20.1 Å². The van der Waals surface area contributed by atoms with E-state index in [0.717, 1.165) is 10.7 Å². The average Bonchev–Trinajstić information content (AvgIpc) is 2.13. The number of nitrogens with zero attached hydrogens (tertiary/aromatic N) is 2. The highest BCUT2D eigenvalue weighted by atomic mass is 32.2. The van der Waals surface area contributed by atoms with Gasteiger partial charge >= 0.3 is 0 Å². The van der Waals surface area contributed by atoms with Crippen molar-refractivity contribution in [2.24, 2.45) is 5.92 Å². The molecule has 88 valence electrons. The van der Waals surface area contributed by atoms with Crippen LogP contribution in [0.1, 0.15) is 26.7 Å². The highest BCUT2D eigenvalue weighted by molar-refractivity contribution is 7.87. The Bertz CT molecular complexity index is 306. The minimum absolute atomic E-state index is 0.210. The fraction of sp³-hybridized carbons (Fsp3) is 0.889. The van der Waals surface area contributed by atoms with E-state index in [1.165, 1.54) is 7.05 Å². The molecule has 0 saturated heterocycles. The van der Waals surface area contributed by atoms with Crippen LogP contribution in [-0.4, -0.2) is 32.9 Å². The molecule has 0 aromatic rings. The quantitative estimate of drug-likeness (QED) is 0.704. The van der Waals surface area contributed by atoms with E-state index in [-0.39, 0.29) is 13.0 Å². The highest BCUT2D eigenvalue weighted by Gasteiger charge is 2.15. The van der Waals surface area contributed by atoms with E-state index in [2.05, 4.69) is 4.72 Å². The molecule has 15 heavy (non-hydrogen) atoms. The molecule has 0 fully saturated rings. The second-order valence-corrected chi connectivity index (χ2v) is 5.67. The van der Waals surface area contributed by atoms with Crippen LogP contribution < -0.4 is 4.72 Å². The van der Waals surface area contributed by atoms with Crippen LogP contribution >= 0.6 is 0 Å². The third kappa shape index (κ3) is 6.44. The van der Waals surface area contributed by atoms with Crippen molar-refractivity contribution in [3.63, 3.8) is 0 Å². The van der Waals surface area contributed by atoms with Crippen molar-refractivity contribution in [3.05, 3.63) is 0 Å². The van der Waals surface area contributed by atoms with E-state index in [1.807, 2.05) is 19.9 Å². The lowest BCUT2D eigenvalue weighted by atomic mass is 10.1. The van der Waals surface area contributed by atoms with Gasteiger partial charge < -0.3 is 0 Å². The molecule has 0 aromatic heterocycles. The first-order chi connectivity index (χ1) is 6.90. The van der Waals surface area contributed by atoms with E-state index in [0.29, 0.717) is 12.5 Å². The van der Waals surface area contributed by atoms with Gasteiger partial charge in [-0.05, 0) is 12.3 Å². The molecule has 0 heterocycles. The molecule has 0 amide bonds. The minimum atomic E-state index is -3.40. The highest BCUT2D eigenvalue weighted by Crippen LogP contribution is 1.99. The smallest absolute Gasteiger partial charge is 0.202 e. The van der Waals surface area contributed by atoms with E-state index in [9.17, 15) is 8.42 Å². The predicted octanol–water partition coefficient (Wildman–Crippen LogP) is 0.712. The van der Waals surface area contributed by atoms with Gasteiger partial charge in [0.15, 0.2) is 0 Å². The summed E-state index contributed by atoms with van der Waals surface area (Å²) in [5.74, 6) is 0.470. The van der Waals surface area contributed by atoms with Crippen LogP contribution in [-0.2, 0) is 10.2 Å². The molecule has 0 aliphatic rings. The lowest BCUT2D eigenvalue weighted by molar-refractivity contribution is 0.459. The summed E-state index contributed by atoms with van der Waals surface area (Å²) in [6.07, 6.45) is 1.02. The molecule has 0 aliphatic heterocycles. The Morgan fingerprint density at radius 3 is 2.53 bits per heavy atom. The summed E-state index contributed by atoms with van der Waals surface area (Å²) in [5, 5.41) is 8.34. The van der Waals surface area contributed by atoms with Gasteiger partial charge in [0.2, 0.25) is 0 Å². The largest absolute Gasteiger partial charge is 0.279 e.